The fourth-order valence-electron chi connectivity index (χ4n) is 1.34. The Bertz CT molecular complexity index is 334. The maximum Gasteiger partial charge on any atom is 0.170 e. The lowest BCUT2D eigenvalue weighted by atomic mass is 10.2. The fourth-order valence-corrected chi connectivity index (χ4v) is 1.34. The van der Waals surface area contributed by atoms with Gasteiger partial charge in [-0.25, -0.2) is 0 Å². The summed E-state index contributed by atoms with van der Waals surface area (Å²) in [6.07, 6.45) is 1.77. The average molecular weight is 177 g/mol. The van der Waals surface area contributed by atoms with E-state index in [1.165, 1.54) is 0 Å². The van der Waals surface area contributed by atoms with E-state index in [-0.39, 0.29) is 0 Å². The lowest BCUT2D eigenvalue weighted by Crippen LogP contribution is -2.16. The maximum atomic E-state index is 5.49. The summed E-state index contributed by atoms with van der Waals surface area (Å²) in [5.74, 6) is 1.61. The first-order chi connectivity index (χ1) is 6.42. The van der Waals surface area contributed by atoms with Gasteiger partial charge in [0.1, 0.15) is 13.2 Å². The van der Waals surface area contributed by atoms with Crippen molar-refractivity contribution in [2.24, 2.45) is 4.99 Å². The molecule has 13 heavy (non-hydrogen) atoms. The first kappa shape index (κ1) is 8.10. The van der Waals surface area contributed by atoms with Gasteiger partial charge in [0.25, 0.3) is 0 Å². The number of nitrogens with zero attached hydrogens (tertiary/aromatic N) is 1. The van der Waals surface area contributed by atoms with E-state index in [0.717, 1.165) is 17.1 Å². The standard InChI is InChI=1S/C10H11NO2/c1-11-7-8-3-2-4-9-10(8)13-6-5-12-9/h2-4,7H,5-6H2,1H3/b11-7+. The molecule has 1 aromatic carbocycles. The van der Waals surface area contributed by atoms with Gasteiger partial charge in [-0.3, -0.25) is 4.99 Å². The third kappa shape index (κ3) is 1.49. The molecule has 2 rings (SSSR count). The second-order valence-corrected chi connectivity index (χ2v) is 2.76. The van der Waals surface area contributed by atoms with Crippen molar-refractivity contribution in [3.8, 4) is 11.5 Å². The van der Waals surface area contributed by atoms with Crippen molar-refractivity contribution < 1.29 is 9.47 Å². The van der Waals surface area contributed by atoms with Crippen LogP contribution in [0, 0.1) is 0 Å². The molecule has 1 aliphatic rings. The Morgan fingerprint density at radius 3 is 3.00 bits per heavy atom. The predicted octanol–water partition coefficient (Wildman–Crippen LogP) is 1.51. The molecule has 0 saturated carbocycles. The molecule has 0 radical (unpaired) electrons. The van der Waals surface area contributed by atoms with Gasteiger partial charge in [0.2, 0.25) is 0 Å². The molecule has 0 unspecified atom stereocenters. The molecule has 0 saturated heterocycles. The van der Waals surface area contributed by atoms with Crippen molar-refractivity contribution >= 4 is 6.21 Å². The molecule has 0 amide bonds. The van der Waals surface area contributed by atoms with Crippen LogP contribution in [0.25, 0.3) is 0 Å². The van der Waals surface area contributed by atoms with E-state index in [0.29, 0.717) is 13.2 Å². The first-order valence-corrected chi connectivity index (χ1v) is 4.22. The summed E-state index contributed by atoms with van der Waals surface area (Å²) in [6.45, 7) is 1.24. The van der Waals surface area contributed by atoms with Crippen molar-refractivity contribution in [2.45, 2.75) is 0 Å². The van der Waals surface area contributed by atoms with Gasteiger partial charge in [0.15, 0.2) is 11.5 Å². The Labute approximate surface area is 77.0 Å². The van der Waals surface area contributed by atoms with Crippen LogP contribution >= 0.6 is 0 Å². The van der Waals surface area contributed by atoms with Gasteiger partial charge in [-0.1, -0.05) is 6.07 Å². The Hall–Kier alpha value is -1.51. The molecule has 1 heterocycles. The summed E-state index contributed by atoms with van der Waals surface area (Å²) in [6, 6.07) is 5.80. The highest BCUT2D eigenvalue weighted by molar-refractivity contribution is 5.85. The average Bonchev–Trinajstić information content (AvgIpc) is 2.19. The van der Waals surface area contributed by atoms with Crippen molar-refractivity contribution in [1.29, 1.82) is 0 Å². The third-order valence-corrected chi connectivity index (χ3v) is 1.86. The summed E-state index contributed by atoms with van der Waals surface area (Å²) in [5, 5.41) is 0. The van der Waals surface area contributed by atoms with E-state index in [9.17, 15) is 0 Å². The zero-order chi connectivity index (χ0) is 9.10. The quantitative estimate of drug-likeness (QED) is 0.609. The van der Waals surface area contributed by atoms with Crippen molar-refractivity contribution in [3.05, 3.63) is 23.8 Å². The lowest BCUT2D eigenvalue weighted by Gasteiger charge is -2.19. The molecule has 3 heteroatoms. The number of hydrogen-bond donors (Lipinski definition) is 0. The molecule has 0 bridgehead atoms. The highest BCUT2D eigenvalue weighted by Gasteiger charge is 2.13. The maximum absolute atomic E-state index is 5.49. The number of aliphatic imine (C=N–C) groups is 1. The smallest absolute Gasteiger partial charge is 0.170 e. The van der Waals surface area contributed by atoms with E-state index in [1.54, 1.807) is 13.3 Å². The highest BCUT2D eigenvalue weighted by atomic mass is 16.6. The Morgan fingerprint density at radius 1 is 1.31 bits per heavy atom. The van der Waals surface area contributed by atoms with Gasteiger partial charge in [0, 0.05) is 18.8 Å². The predicted molar refractivity (Wildman–Crippen MR) is 51.0 cm³/mol. The SMILES string of the molecule is C/N=C/c1cccc2c1OCCO2. The summed E-state index contributed by atoms with van der Waals surface area (Å²) in [5.41, 5.74) is 0.972. The Morgan fingerprint density at radius 2 is 2.15 bits per heavy atom. The van der Waals surface area contributed by atoms with Crippen LogP contribution in [0.1, 0.15) is 5.56 Å². The fraction of sp³-hybridized carbons (Fsp3) is 0.300. The van der Waals surface area contributed by atoms with E-state index in [4.69, 9.17) is 9.47 Å². The van der Waals surface area contributed by atoms with Crippen LogP contribution in [-0.4, -0.2) is 26.5 Å². The van der Waals surface area contributed by atoms with Gasteiger partial charge in [-0.15, -0.1) is 0 Å². The number of para-hydroxylation sites is 1. The third-order valence-electron chi connectivity index (χ3n) is 1.86. The van der Waals surface area contributed by atoms with E-state index in [1.807, 2.05) is 18.2 Å². The molecule has 3 nitrogen and oxygen atoms in total. The molecule has 0 atom stereocenters. The summed E-state index contributed by atoms with van der Waals surface area (Å²) in [4.78, 5) is 3.95. The molecule has 1 aromatic rings. The lowest BCUT2D eigenvalue weighted by molar-refractivity contribution is 0.171. The second kappa shape index (κ2) is 3.47. The highest BCUT2D eigenvalue weighted by Crippen LogP contribution is 2.32. The minimum Gasteiger partial charge on any atom is -0.486 e. The molecule has 0 aromatic heterocycles. The van der Waals surface area contributed by atoms with Crippen LogP contribution in [0.4, 0.5) is 0 Å². The van der Waals surface area contributed by atoms with Crippen molar-refractivity contribution in [3.63, 3.8) is 0 Å². The molecular formula is C10H11NO2. The van der Waals surface area contributed by atoms with E-state index >= 15 is 0 Å². The van der Waals surface area contributed by atoms with E-state index < -0.39 is 0 Å². The number of rotatable bonds is 1. The summed E-state index contributed by atoms with van der Waals surface area (Å²) in [7, 11) is 1.74. The Kier molecular flexibility index (Phi) is 2.17. The molecule has 68 valence electrons. The van der Waals surface area contributed by atoms with Crippen LogP contribution in [0.3, 0.4) is 0 Å². The molecule has 0 aliphatic carbocycles. The second-order valence-electron chi connectivity index (χ2n) is 2.76. The molecule has 0 spiro atoms. The van der Waals surface area contributed by atoms with Gasteiger partial charge in [0.05, 0.1) is 0 Å². The number of hydrogen-bond acceptors (Lipinski definition) is 3. The largest absolute Gasteiger partial charge is 0.486 e. The van der Waals surface area contributed by atoms with E-state index in [2.05, 4.69) is 4.99 Å². The summed E-state index contributed by atoms with van der Waals surface area (Å²) < 4.78 is 10.9. The van der Waals surface area contributed by atoms with Crippen LogP contribution in [0.15, 0.2) is 23.2 Å². The van der Waals surface area contributed by atoms with Gasteiger partial charge in [-0.2, -0.15) is 0 Å². The molecule has 1 aliphatic heterocycles. The molecular weight excluding hydrogens is 166 g/mol. The van der Waals surface area contributed by atoms with Crippen LogP contribution in [0.2, 0.25) is 0 Å². The van der Waals surface area contributed by atoms with Gasteiger partial charge < -0.3 is 9.47 Å². The zero-order valence-corrected chi connectivity index (χ0v) is 7.49. The minimum absolute atomic E-state index is 0.613. The van der Waals surface area contributed by atoms with Crippen LogP contribution < -0.4 is 9.47 Å². The van der Waals surface area contributed by atoms with Crippen LogP contribution in [-0.2, 0) is 0 Å². The molecule has 0 N–H and O–H groups in total. The zero-order valence-electron chi connectivity index (χ0n) is 7.49. The van der Waals surface area contributed by atoms with Crippen molar-refractivity contribution in [2.75, 3.05) is 20.3 Å². The minimum atomic E-state index is 0.613. The van der Waals surface area contributed by atoms with Crippen molar-refractivity contribution in [1.82, 2.24) is 0 Å². The summed E-state index contributed by atoms with van der Waals surface area (Å²) >= 11 is 0. The number of benzene rings is 1. The van der Waals surface area contributed by atoms with Gasteiger partial charge in [-0.05, 0) is 12.1 Å². The monoisotopic (exact) mass is 177 g/mol. The Balaban J connectivity index is 2.45. The topological polar surface area (TPSA) is 30.8 Å². The number of ether oxygens (including phenoxy) is 2. The molecule has 0 fully saturated rings. The number of fused-ring (bicyclic) bond motifs is 1. The van der Waals surface area contributed by atoms with Gasteiger partial charge >= 0.3 is 0 Å². The first-order valence-electron chi connectivity index (χ1n) is 4.22. The van der Waals surface area contributed by atoms with Crippen LogP contribution in [0.5, 0.6) is 11.5 Å². The normalized spacial score (nSPS) is 14.8.